The van der Waals surface area contributed by atoms with Gasteiger partial charge in [0.1, 0.15) is 0 Å². The number of rotatable bonds is 4. The third kappa shape index (κ3) is 3.47. The van der Waals surface area contributed by atoms with Gasteiger partial charge in [-0.25, -0.2) is 0 Å². The highest BCUT2D eigenvalue weighted by Crippen LogP contribution is 2.29. The van der Waals surface area contributed by atoms with Gasteiger partial charge < -0.3 is 10.2 Å². The molecule has 2 fully saturated rings. The van der Waals surface area contributed by atoms with E-state index < -0.39 is 0 Å². The summed E-state index contributed by atoms with van der Waals surface area (Å²) in [4.78, 5) is 25.2. The van der Waals surface area contributed by atoms with E-state index >= 15 is 0 Å². The zero-order chi connectivity index (χ0) is 13.1. The molecule has 0 aromatic heterocycles. The number of carbonyl (C=O) groups excluding carboxylic acids is 2. The van der Waals surface area contributed by atoms with Crippen molar-refractivity contribution < 1.29 is 9.59 Å². The number of nitrogens with one attached hydrogen (secondary N) is 1. The smallest absolute Gasteiger partial charge is 0.220 e. The van der Waals surface area contributed by atoms with Crippen LogP contribution in [0.5, 0.6) is 0 Å². The molecule has 0 spiro atoms. The summed E-state index contributed by atoms with van der Waals surface area (Å²) in [6, 6.07) is 0.454. The lowest BCUT2D eigenvalue weighted by Gasteiger charge is -2.37. The van der Waals surface area contributed by atoms with Crippen LogP contribution in [0.25, 0.3) is 0 Å². The number of hydrogen-bond acceptors (Lipinski definition) is 2. The van der Waals surface area contributed by atoms with Crippen LogP contribution in [0.1, 0.15) is 46.0 Å². The minimum atomic E-state index is 0.161. The second kappa shape index (κ2) is 5.72. The molecule has 2 unspecified atom stereocenters. The van der Waals surface area contributed by atoms with E-state index in [0.29, 0.717) is 24.3 Å². The van der Waals surface area contributed by atoms with Gasteiger partial charge in [-0.05, 0) is 31.1 Å². The van der Waals surface area contributed by atoms with Crippen molar-refractivity contribution >= 4 is 11.8 Å². The molecule has 2 amide bonds. The maximum absolute atomic E-state index is 11.8. The first-order valence-corrected chi connectivity index (χ1v) is 7.15. The van der Waals surface area contributed by atoms with Crippen molar-refractivity contribution in [2.24, 2.45) is 11.8 Å². The SMILES string of the molecule is CCC1CN(C(C)=O)CCC1CC(=O)NC1CC1. The van der Waals surface area contributed by atoms with Gasteiger partial charge in [-0.2, -0.15) is 0 Å². The molecular formula is C14H24N2O2. The Morgan fingerprint density at radius 3 is 2.50 bits per heavy atom. The van der Waals surface area contributed by atoms with Gasteiger partial charge in [0.2, 0.25) is 11.8 Å². The van der Waals surface area contributed by atoms with Crippen molar-refractivity contribution in [3.05, 3.63) is 0 Å². The van der Waals surface area contributed by atoms with Crippen molar-refractivity contribution in [2.75, 3.05) is 13.1 Å². The third-order valence-corrected chi connectivity index (χ3v) is 4.25. The maximum Gasteiger partial charge on any atom is 0.220 e. The average Bonchev–Trinajstić information content (AvgIpc) is 3.13. The Morgan fingerprint density at radius 1 is 1.22 bits per heavy atom. The molecule has 0 aromatic carbocycles. The van der Waals surface area contributed by atoms with Crippen LogP contribution >= 0.6 is 0 Å². The molecular weight excluding hydrogens is 228 g/mol. The summed E-state index contributed by atoms with van der Waals surface area (Å²) >= 11 is 0. The van der Waals surface area contributed by atoms with Gasteiger partial charge in [0.25, 0.3) is 0 Å². The molecule has 0 bridgehead atoms. The second-order valence-electron chi connectivity index (χ2n) is 5.73. The lowest BCUT2D eigenvalue weighted by molar-refractivity contribution is -0.132. The first-order valence-electron chi connectivity index (χ1n) is 7.15. The molecule has 1 aliphatic carbocycles. The summed E-state index contributed by atoms with van der Waals surface area (Å²) < 4.78 is 0. The monoisotopic (exact) mass is 252 g/mol. The van der Waals surface area contributed by atoms with Crippen molar-refractivity contribution in [3.63, 3.8) is 0 Å². The molecule has 18 heavy (non-hydrogen) atoms. The molecule has 0 radical (unpaired) electrons. The van der Waals surface area contributed by atoms with Gasteiger partial charge in [-0.3, -0.25) is 9.59 Å². The summed E-state index contributed by atoms with van der Waals surface area (Å²) in [7, 11) is 0. The molecule has 4 nitrogen and oxygen atoms in total. The van der Waals surface area contributed by atoms with Crippen molar-refractivity contribution in [1.29, 1.82) is 0 Å². The first-order chi connectivity index (χ1) is 8.60. The van der Waals surface area contributed by atoms with Crippen molar-refractivity contribution in [2.45, 2.75) is 52.0 Å². The highest BCUT2D eigenvalue weighted by Gasteiger charge is 2.31. The average molecular weight is 252 g/mol. The normalized spacial score (nSPS) is 28.0. The minimum Gasteiger partial charge on any atom is -0.353 e. The Hall–Kier alpha value is -1.06. The summed E-state index contributed by atoms with van der Waals surface area (Å²) in [5.41, 5.74) is 0. The zero-order valence-corrected chi connectivity index (χ0v) is 11.4. The Labute approximate surface area is 109 Å². The fourth-order valence-electron chi connectivity index (χ4n) is 2.85. The standard InChI is InChI=1S/C14H24N2O2/c1-3-11-9-16(10(2)17)7-6-12(11)8-14(18)15-13-4-5-13/h11-13H,3-9H2,1-2H3,(H,15,18). The van der Waals surface area contributed by atoms with Crippen molar-refractivity contribution in [3.8, 4) is 0 Å². The van der Waals surface area contributed by atoms with E-state index in [0.717, 1.165) is 38.8 Å². The summed E-state index contributed by atoms with van der Waals surface area (Å²) in [5, 5.41) is 3.06. The highest BCUT2D eigenvalue weighted by atomic mass is 16.2. The lowest BCUT2D eigenvalue weighted by Crippen LogP contribution is -2.44. The molecule has 1 N–H and O–H groups in total. The van der Waals surface area contributed by atoms with E-state index in [1.54, 1.807) is 6.92 Å². The molecule has 2 aliphatic rings. The number of likely N-dealkylation sites (tertiary alicyclic amines) is 1. The molecule has 2 rings (SSSR count). The Morgan fingerprint density at radius 2 is 1.94 bits per heavy atom. The molecule has 1 aliphatic heterocycles. The van der Waals surface area contributed by atoms with Gasteiger partial charge in [0, 0.05) is 32.5 Å². The van der Waals surface area contributed by atoms with Crippen molar-refractivity contribution in [1.82, 2.24) is 10.2 Å². The predicted molar refractivity (Wildman–Crippen MR) is 69.9 cm³/mol. The van der Waals surface area contributed by atoms with Gasteiger partial charge >= 0.3 is 0 Å². The third-order valence-electron chi connectivity index (χ3n) is 4.25. The predicted octanol–water partition coefficient (Wildman–Crippen LogP) is 1.55. The zero-order valence-electron chi connectivity index (χ0n) is 11.4. The number of piperidine rings is 1. The number of amides is 2. The first kappa shape index (κ1) is 13.4. The summed E-state index contributed by atoms with van der Waals surface area (Å²) in [5.74, 6) is 1.29. The van der Waals surface area contributed by atoms with E-state index in [4.69, 9.17) is 0 Å². The summed E-state index contributed by atoms with van der Waals surface area (Å²) in [6.07, 6.45) is 4.94. The maximum atomic E-state index is 11.8. The van der Waals surface area contributed by atoms with E-state index in [2.05, 4.69) is 12.2 Å². The van der Waals surface area contributed by atoms with Gasteiger partial charge in [-0.15, -0.1) is 0 Å². The minimum absolute atomic E-state index is 0.161. The van der Waals surface area contributed by atoms with Gasteiger partial charge in [0.05, 0.1) is 0 Å². The Balaban J connectivity index is 1.83. The van der Waals surface area contributed by atoms with E-state index in [9.17, 15) is 9.59 Å². The van der Waals surface area contributed by atoms with Crippen LogP contribution in [-0.4, -0.2) is 35.8 Å². The molecule has 4 heteroatoms. The topological polar surface area (TPSA) is 49.4 Å². The Bertz CT molecular complexity index is 326. The van der Waals surface area contributed by atoms with Crippen LogP contribution in [0.2, 0.25) is 0 Å². The largest absolute Gasteiger partial charge is 0.353 e. The molecule has 2 atom stereocenters. The molecule has 0 aromatic rings. The van der Waals surface area contributed by atoms with E-state index in [-0.39, 0.29) is 11.8 Å². The highest BCUT2D eigenvalue weighted by molar-refractivity contribution is 5.77. The number of nitrogens with zero attached hydrogens (tertiary/aromatic N) is 1. The summed E-state index contributed by atoms with van der Waals surface area (Å²) in [6.45, 7) is 5.42. The van der Waals surface area contributed by atoms with Crippen LogP contribution < -0.4 is 5.32 Å². The molecule has 1 saturated heterocycles. The lowest BCUT2D eigenvalue weighted by atomic mass is 9.81. The molecule has 1 heterocycles. The van der Waals surface area contributed by atoms with Crippen LogP contribution in [0, 0.1) is 11.8 Å². The van der Waals surface area contributed by atoms with Crippen LogP contribution in [0.3, 0.4) is 0 Å². The fourth-order valence-corrected chi connectivity index (χ4v) is 2.85. The van der Waals surface area contributed by atoms with Gasteiger partial charge in [-0.1, -0.05) is 13.3 Å². The van der Waals surface area contributed by atoms with E-state index in [1.165, 1.54) is 0 Å². The number of hydrogen-bond donors (Lipinski definition) is 1. The molecule has 102 valence electrons. The second-order valence-corrected chi connectivity index (χ2v) is 5.73. The van der Waals surface area contributed by atoms with Crippen LogP contribution in [-0.2, 0) is 9.59 Å². The molecule has 1 saturated carbocycles. The Kier molecular flexibility index (Phi) is 4.25. The van der Waals surface area contributed by atoms with Crippen LogP contribution in [0.15, 0.2) is 0 Å². The van der Waals surface area contributed by atoms with E-state index in [1.807, 2.05) is 4.90 Å². The quantitative estimate of drug-likeness (QED) is 0.825. The van der Waals surface area contributed by atoms with Crippen LogP contribution in [0.4, 0.5) is 0 Å². The number of carbonyl (C=O) groups is 2. The fraction of sp³-hybridized carbons (Fsp3) is 0.857. The van der Waals surface area contributed by atoms with Gasteiger partial charge in [0.15, 0.2) is 0 Å².